The van der Waals surface area contributed by atoms with Gasteiger partial charge in [-0.1, -0.05) is 0 Å². The molecule has 4 rings (SSSR count). The Hall–Kier alpha value is -3.24. The molecule has 4 heterocycles. The largest absolute Gasteiger partial charge is 0.355 e. The smallest absolute Gasteiger partial charge is 0.272 e. The van der Waals surface area contributed by atoms with E-state index in [0.29, 0.717) is 51.3 Å². The van der Waals surface area contributed by atoms with E-state index in [4.69, 9.17) is 0 Å². The molecule has 29 heavy (non-hydrogen) atoms. The van der Waals surface area contributed by atoms with Gasteiger partial charge < -0.3 is 15.5 Å². The minimum absolute atomic E-state index is 0.0901. The van der Waals surface area contributed by atoms with Crippen LogP contribution in [0.3, 0.4) is 0 Å². The number of nitrogens with zero attached hydrogens (tertiary/aromatic N) is 5. The molecule has 154 valence electrons. The lowest BCUT2D eigenvalue weighted by Crippen LogP contribution is -2.42. The van der Waals surface area contributed by atoms with Crippen LogP contribution in [0.5, 0.6) is 0 Å². The van der Waals surface area contributed by atoms with E-state index in [1.54, 1.807) is 0 Å². The molecule has 1 unspecified atom stereocenters. The molecule has 0 bridgehead atoms. The zero-order chi connectivity index (χ0) is 20.4. The van der Waals surface area contributed by atoms with Crippen LogP contribution in [0.1, 0.15) is 40.9 Å². The summed E-state index contributed by atoms with van der Waals surface area (Å²) in [6.07, 6.45) is 3.47. The third-order valence-electron chi connectivity index (χ3n) is 5.41. The van der Waals surface area contributed by atoms with E-state index in [1.807, 2.05) is 9.58 Å². The van der Waals surface area contributed by atoms with Crippen LogP contribution < -0.4 is 10.6 Å². The molecule has 2 aliphatic heterocycles. The quantitative estimate of drug-likeness (QED) is 0.551. The summed E-state index contributed by atoms with van der Waals surface area (Å²) >= 11 is 0. The summed E-state index contributed by atoms with van der Waals surface area (Å²) in [7, 11) is 0. The fourth-order valence-electron chi connectivity index (χ4n) is 3.89. The van der Waals surface area contributed by atoms with Crippen molar-refractivity contribution in [1.82, 2.24) is 40.5 Å². The van der Waals surface area contributed by atoms with Crippen LogP contribution in [-0.4, -0.2) is 67.2 Å². The lowest BCUT2D eigenvalue weighted by Gasteiger charge is -2.31. The molecule has 3 N–H and O–H groups in total. The van der Waals surface area contributed by atoms with Crippen LogP contribution in [0.4, 0.5) is 0 Å². The first-order valence-corrected chi connectivity index (χ1v) is 9.77. The van der Waals surface area contributed by atoms with E-state index in [9.17, 15) is 14.4 Å². The predicted molar refractivity (Wildman–Crippen MR) is 101 cm³/mol. The van der Waals surface area contributed by atoms with Gasteiger partial charge in [0.25, 0.3) is 5.91 Å². The molecule has 11 heteroatoms. The zero-order valence-corrected chi connectivity index (χ0v) is 16.3. The monoisotopic (exact) mass is 400 g/mol. The van der Waals surface area contributed by atoms with Crippen molar-refractivity contribution in [1.29, 1.82) is 0 Å². The summed E-state index contributed by atoms with van der Waals surface area (Å²) in [5.41, 5.74) is 2.02. The summed E-state index contributed by atoms with van der Waals surface area (Å²) in [5.74, 6) is 0.458. The van der Waals surface area contributed by atoms with Crippen LogP contribution in [-0.2, 0) is 35.5 Å². The van der Waals surface area contributed by atoms with Crippen molar-refractivity contribution in [2.45, 2.75) is 39.3 Å². The van der Waals surface area contributed by atoms with Crippen LogP contribution in [0.25, 0.3) is 0 Å². The fraction of sp³-hybridized carbons (Fsp3) is 0.556. The van der Waals surface area contributed by atoms with Crippen LogP contribution >= 0.6 is 0 Å². The van der Waals surface area contributed by atoms with Crippen molar-refractivity contribution < 1.29 is 14.4 Å². The number of carbonyl (C=O) groups excluding carboxylic acids is 3. The lowest BCUT2D eigenvalue weighted by atomic mass is 9.94. The average Bonchev–Trinajstić information content (AvgIpc) is 3.35. The average molecular weight is 400 g/mol. The third kappa shape index (κ3) is 3.98. The first-order chi connectivity index (χ1) is 14.0. The molecule has 2 aromatic rings. The highest BCUT2D eigenvalue weighted by molar-refractivity contribution is 5.94. The zero-order valence-electron chi connectivity index (χ0n) is 16.3. The maximum absolute atomic E-state index is 13.0. The Morgan fingerprint density at radius 1 is 1.24 bits per heavy atom. The molecular formula is C18H24N8O3. The Bertz CT molecular complexity index is 933. The standard InChI is InChI=1S/C18H24N8O3/c1-11(27)19-4-5-20-17(28)16-13-3-6-25(9-14(13)23-24-16)18(29)12-2-7-26-15(8-12)21-10-22-26/h10,12H,2-9H2,1H3,(H,19,27)(H,20,28)(H,23,24). The number of rotatable bonds is 5. The van der Waals surface area contributed by atoms with Gasteiger partial charge in [-0.15, -0.1) is 0 Å². The molecule has 3 amide bonds. The number of amides is 3. The van der Waals surface area contributed by atoms with Crippen molar-refractivity contribution in [3.8, 4) is 0 Å². The summed E-state index contributed by atoms with van der Waals surface area (Å²) in [4.78, 5) is 42.3. The molecule has 2 aliphatic rings. The second kappa shape index (κ2) is 8.02. The van der Waals surface area contributed by atoms with Gasteiger partial charge in [-0.25, -0.2) is 4.98 Å². The molecule has 0 radical (unpaired) electrons. The summed E-state index contributed by atoms with van der Waals surface area (Å²) in [6, 6.07) is 0. The van der Waals surface area contributed by atoms with Gasteiger partial charge in [0, 0.05) is 51.0 Å². The van der Waals surface area contributed by atoms with Crippen molar-refractivity contribution in [3.05, 3.63) is 29.1 Å². The second-order valence-corrected chi connectivity index (χ2v) is 7.37. The highest BCUT2D eigenvalue weighted by Gasteiger charge is 2.33. The van der Waals surface area contributed by atoms with Crippen molar-refractivity contribution in [2.24, 2.45) is 5.92 Å². The number of nitrogens with one attached hydrogen (secondary N) is 3. The van der Waals surface area contributed by atoms with Crippen LogP contribution in [0.15, 0.2) is 6.33 Å². The Labute approximate surface area is 167 Å². The minimum atomic E-state index is -0.278. The summed E-state index contributed by atoms with van der Waals surface area (Å²) in [6.45, 7) is 3.81. The Balaban J connectivity index is 1.35. The number of aromatic nitrogens is 5. The summed E-state index contributed by atoms with van der Waals surface area (Å²) in [5, 5.41) is 16.6. The predicted octanol–water partition coefficient (Wildman–Crippen LogP) is -0.986. The van der Waals surface area contributed by atoms with E-state index in [1.165, 1.54) is 13.3 Å². The van der Waals surface area contributed by atoms with E-state index in [0.717, 1.165) is 23.5 Å². The van der Waals surface area contributed by atoms with Crippen LogP contribution in [0.2, 0.25) is 0 Å². The molecule has 2 aromatic heterocycles. The fourth-order valence-corrected chi connectivity index (χ4v) is 3.89. The number of H-pyrrole nitrogens is 1. The highest BCUT2D eigenvalue weighted by atomic mass is 16.2. The molecule has 0 saturated carbocycles. The van der Waals surface area contributed by atoms with Gasteiger partial charge in [0.2, 0.25) is 11.8 Å². The number of hydrogen-bond donors (Lipinski definition) is 3. The van der Waals surface area contributed by atoms with E-state index < -0.39 is 0 Å². The Morgan fingerprint density at radius 2 is 2.07 bits per heavy atom. The summed E-state index contributed by atoms with van der Waals surface area (Å²) < 4.78 is 1.85. The number of hydrogen-bond acceptors (Lipinski definition) is 6. The van der Waals surface area contributed by atoms with Gasteiger partial charge in [-0.05, 0) is 12.8 Å². The molecule has 0 saturated heterocycles. The van der Waals surface area contributed by atoms with Gasteiger partial charge in [-0.3, -0.25) is 24.2 Å². The Morgan fingerprint density at radius 3 is 2.90 bits per heavy atom. The number of fused-ring (bicyclic) bond motifs is 2. The number of aromatic amines is 1. The van der Waals surface area contributed by atoms with Gasteiger partial charge in [0.05, 0.1) is 12.2 Å². The van der Waals surface area contributed by atoms with E-state index in [-0.39, 0.29) is 23.6 Å². The molecule has 0 aliphatic carbocycles. The molecule has 0 fully saturated rings. The van der Waals surface area contributed by atoms with Crippen molar-refractivity contribution in [2.75, 3.05) is 19.6 Å². The minimum Gasteiger partial charge on any atom is -0.355 e. The first kappa shape index (κ1) is 19.1. The van der Waals surface area contributed by atoms with Crippen molar-refractivity contribution >= 4 is 17.7 Å². The molecule has 0 spiro atoms. The Kier molecular flexibility index (Phi) is 5.28. The third-order valence-corrected chi connectivity index (χ3v) is 5.41. The van der Waals surface area contributed by atoms with E-state index in [2.05, 4.69) is 30.9 Å². The van der Waals surface area contributed by atoms with Gasteiger partial charge >= 0.3 is 0 Å². The van der Waals surface area contributed by atoms with Gasteiger partial charge in [0.1, 0.15) is 12.2 Å². The topological polar surface area (TPSA) is 138 Å². The second-order valence-electron chi connectivity index (χ2n) is 7.37. The van der Waals surface area contributed by atoms with Gasteiger partial charge in [-0.2, -0.15) is 10.2 Å². The van der Waals surface area contributed by atoms with E-state index >= 15 is 0 Å². The SMILES string of the molecule is CC(=O)NCCNC(=O)c1n[nH]c2c1CCN(C(=O)C1CCn3ncnc3C1)C2. The van der Waals surface area contributed by atoms with Crippen LogP contribution in [0, 0.1) is 5.92 Å². The molecule has 1 atom stereocenters. The highest BCUT2D eigenvalue weighted by Crippen LogP contribution is 2.25. The van der Waals surface area contributed by atoms with Crippen molar-refractivity contribution in [3.63, 3.8) is 0 Å². The van der Waals surface area contributed by atoms with Gasteiger partial charge in [0.15, 0.2) is 5.69 Å². The maximum Gasteiger partial charge on any atom is 0.272 e. The molecular weight excluding hydrogens is 376 g/mol. The molecule has 11 nitrogen and oxygen atoms in total. The number of carbonyl (C=O) groups is 3. The maximum atomic E-state index is 13.0. The first-order valence-electron chi connectivity index (χ1n) is 9.77. The molecule has 0 aromatic carbocycles. The normalized spacial score (nSPS) is 18.0. The number of aryl methyl sites for hydroxylation is 1. The lowest BCUT2D eigenvalue weighted by molar-refractivity contribution is -0.137.